The summed E-state index contributed by atoms with van der Waals surface area (Å²) >= 11 is 0. The largest absolute Gasteiger partial charge is 0.497 e. The van der Waals surface area contributed by atoms with Crippen LogP contribution >= 0.6 is 0 Å². The molecule has 0 saturated heterocycles. The van der Waals surface area contributed by atoms with Crippen LogP contribution in [0.3, 0.4) is 0 Å². The van der Waals surface area contributed by atoms with E-state index in [0.717, 1.165) is 17.0 Å². The third kappa shape index (κ3) is 2.73. The summed E-state index contributed by atoms with van der Waals surface area (Å²) < 4.78 is 6.87. The van der Waals surface area contributed by atoms with E-state index in [-0.39, 0.29) is 0 Å². The summed E-state index contributed by atoms with van der Waals surface area (Å²) in [5, 5.41) is 11.2. The van der Waals surface area contributed by atoms with E-state index in [1.165, 1.54) is 12.8 Å². The van der Waals surface area contributed by atoms with Crippen molar-refractivity contribution in [1.29, 1.82) is 0 Å². The average molecular weight is 325 g/mol. The predicted octanol–water partition coefficient (Wildman–Crippen LogP) is 2.22. The molecule has 0 atom stereocenters. The highest BCUT2D eigenvalue weighted by molar-refractivity contribution is 5.75. The maximum absolute atomic E-state index is 5.97. The van der Waals surface area contributed by atoms with E-state index in [0.29, 0.717) is 29.1 Å². The van der Waals surface area contributed by atoms with E-state index < -0.39 is 0 Å². The molecule has 0 bridgehead atoms. The predicted molar refractivity (Wildman–Crippen MR) is 94.7 cm³/mol. The Labute approximate surface area is 138 Å². The second kappa shape index (κ2) is 5.48. The molecule has 3 aromatic rings. The zero-order chi connectivity index (χ0) is 16.7. The van der Waals surface area contributed by atoms with Crippen LogP contribution in [0, 0.1) is 0 Å². The standard InChI is InChI=1S/C16H19N7O/c1-24-12-5-9(17)4-11(6-12)21-15-7-13(20-10-2-3-10)16-19-8-14(18)23(16)22-15/h4-8,10,20H,2-3,17-18H2,1H3,(H,21,22). The van der Waals surface area contributed by atoms with Gasteiger partial charge in [0.05, 0.1) is 19.0 Å². The highest BCUT2D eigenvalue weighted by Gasteiger charge is 2.23. The van der Waals surface area contributed by atoms with Gasteiger partial charge in [-0.05, 0) is 18.9 Å². The number of nitrogen functional groups attached to an aromatic ring is 2. The first kappa shape index (κ1) is 14.4. The van der Waals surface area contributed by atoms with Gasteiger partial charge in [-0.3, -0.25) is 0 Å². The van der Waals surface area contributed by atoms with Crippen LogP contribution in [-0.4, -0.2) is 27.7 Å². The Bertz CT molecular complexity index is 901. The van der Waals surface area contributed by atoms with Gasteiger partial charge < -0.3 is 26.8 Å². The molecule has 8 nitrogen and oxygen atoms in total. The Balaban J connectivity index is 1.73. The van der Waals surface area contributed by atoms with Gasteiger partial charge in [0, 0.05) is 35.6 Å². The number of imidazole rings is 1. The molecule has 1 saturated carbocycles. The minimum absolute atomic E-state index is 0.484. The highest BCUT2D eigenvalue weighted by atomic mass is 16.5. The van der Waals surface area contributed by atoms with E-state index in [1.54, 1.807) is 23.9 Å². The summed E-state index contributed by atoms with van der Waals surface area (Å²) in [5.41, 5.74) is 14.9. The third-order valence-electron chi connectivity index (χ3n) is 3.87. The number of hydrogen-bond donors (Lipinski definition) is 4. The lowest BCUT2D eigenvalue weighted by molar-refractivity contribution is 0.415. The molecule has 24 heavy (non-hydrogen) atoms. The average Bonchev–Trinajstić information content (AvgIpc) is 3.29. The van der Waals surface area contributed by atoms with Gasteiger partial charge in [-0.25, -0.2) is 4.98 Å². The lowest BCUT2D eigenvalue weighted by Gasteiger charge is -2.12. The zero-order valence-corrected chi connectivity index (χ0v) is 13.3. The van der Waals surface area contributed by atoms with Gasteiger partial charge in [0.1, 0.15) is 11.6 Å². The molecule has 2 aromatic heterocycles. The lowest BCUT2D eigenvalue weighted by Crippen LogP contribution is -2.08. The number of aromatic nitrogens is 3. The van der Waals surface area contributed by atoms with Gasteiger partial charge in [0.15, 0.2) is 11.5 Å². The number of rotatable bonds is 5. The second-order valence-corrected chi connectivity index (χ2v) is 5.90. The van der Waals surface area contributed by atoms with Crippen LogP contribution in [0.5, 0.6) is 5.75 Å². The summed E-state index contributed by atoms with van der Waals surface area (Å²) in [6.07, 6.45) is 3.94. The normalized spacial score (nSPS) is 13.9. The number of anilines is 5. The van der Waals surface area contributed by atoms with Crippen LogP contribution in [0.2, 0.25) is 0 Å². The maximum atomic E-state index is 5.97. The minimum atomic E-state index is 0.484. The summed E-state index contributed by atoms with van der Waals surface area (Å²) in [7, 11) is 1.60. The molecule has 6 N–H and O–H groups in total. The Morgan fingerprint density at radius 2 is 2.04 bits per heavy atom. The van der Waals surface area contributed by atoms with Gasteiger partial charge >= 0.3 is 0 Å². The van der Waals surface area contributed by atoms with Crippen molar-refractivity contribution in [1.82, 2.24) is 14.6 Å². The number of benzene rings is 1. The van der Waals surface area contributed by atoms with Crippen molar-refractivity contribution >= 4 is 34.3 Å². The summed E-state index contributed by atoms with van der Waals surface area (Å²) in [5.74, 6) is 1.80. The number of nitrogens with two attached hydrogens (primary N) is 2. The molecule has 4 rings (SSSR count). The smallest absolute Gasteiger partial charge is 0.179 e. The Morgan fingerprint density at radius 3 is 2.79 bits per heavy atom. The lowest BCUT2D eigenvalue weighted by atomic mass is 10.2. The van der Waals surface area contributed by atoms with Crippen LogP contribution in [0.1, 0.15) is 12.8 Å². The number of hydrogen-bond acceptors (Lipinski definition) is 7. The number of nitrogens with one attached hydrogen (secondary N) is 2. The fraction of sp³-hybridized carbons (Fsp3) is 0.250. The van der Waals surface area contributed by atoms with Gasteiger partial charge in [0.25, 0.3) is 0 Å². The Kier molecular flexibility index (Phi) is 3.30. The van der Waals surface area contributed by atoms with E-state index in [9.17, 15) is 0 Å². The monoisotopic (exact) mass is 325 g/mol. The molecule has 0 unspecified atom stereocenters. The fourth-order valence-electron chi connectivity index (χ4n) is 2.56. The summed E-state index contributed by atoms with van der Waals surface area (Å²) in [6.45, 7) is 0. The van der Waals surface area contributed by atoms with Crippen LogP contribution < -0.4 is 26.8 Å². The minimum Gasteiger partial charge on any atom is -0.497 e. The molecule has 1 aliphatic carbocycles. The van der Waals surface area contributed by atoms with Crippen LogP contribution in [0.15, 0.2) is 30.5 Å². The molecule has 1 aliphatic rings. The van der Waals surface area contributed by atoms with Crippen molar-refractivity contribution in [3.63, 3.8) is 0 Å². The third-order valence-corrected chi connectivity index (χ3v) is 3.87. The molecule has 0 radical (unpaired) electrons. The van der Waals surface area contributed by atoms with Crippen LogP contribution in [0.4, 0.5) is 28.7 Å². The van der Waals surface area contributed by atoms with Crippen LogP contribution in [0.25, 0.3) is 5.65 Å². The molecule has 0 aliphatic heterocycles. The Morgan fingerprint density at radius 1 is 1.21 bits per heavy atom. The van der Waals surface area contributed by atoms with Gasteiger partial charge in [-0.1, -0.05) is 0 Å². The van der Waals surface area contributed by atoms with Gasteiger partial charge in [-0.15, -0.1) is 5.10 Å². The molecular formula is C16H19N7O. The van der Waals surface area contributed by atoms with E-state index in [1.807, 2.05) is 18.2 Å². The van der Waals surface area contributed by atoms with Crippen molar-refractivity contribution in [2.24, 2.45) is 0 Å². The molecular weight excluding hydrogens is 306 g/mol. The molecule has 8 heteroatoms. The number of nitrogens with zero attached hydrogens (tertiary/aromatic N) is 3. The number of methoxy groups -OCH3 is 1. The van der Waals surface area contributed by atoms with Crippen molar-refractivity contribution in [2.75, 3.05) is 29.2 Å². The molecule has 0 amide bonds. The second-order valence-electron chi connectivity index (χ2n) is 5.90. The van der Waals surface area contributed by atoms with Crippen molar-refractivity contribution in [3.05, 3.63) is 30.5 Å². The van der Waals surface area contributed by atoms with E-state index >= 15 is 0 Å². The molecule has 1 aromatic carbocycles. The number of fused-ring (bicyclic) bond motifs is 1. The first-order valence-electron chi connectivity index (χ1n) is 7.75. The highest BCUT2D eigenvalue weighted by Crippen LogP contribution is 2.30. The molecule has 124 valence electrons. The summed E-state index contributed by atoms with van der Waals surface area (Å²) in [4.78, 5) is 4.33. The van der Waals surface area contributed by atoms with Crippen molar-refractivity contribution in [2.45, 2.75) is 18.9 Å². The van der Waals surface area contributed by atoms with Crippen molar-refractivity contribution < 1.29 is 4.74 Å². The topological polar surface area (TPSA) is 116 Å². The summed E-state index contributed by atoms with van der Waals surface area (Å²) in [6, 6.07) is 7.85. The number of ether oxygens (including phenoxy) is 1. The first-order chi connectivity index (χ1) is 11.6. The SMILES string of the molecule is COc1cc(N)cc(Nc2cc(NC3CC3)c3ncc(N)n3n2)c1. The molecule has 1 fully saturated rings. The first-order valence-corrected chi connectivity index (χ1v) is 7.75. The van der Waals surface area contributed by atoms with Gasteiger partial charge in [-0.2, -0.15) is 4.52 Å². The quantitative estimate of drug-likeness (QED) is 0.532. The molecule has 0 spiro atoms. The van der Waals surface area contributed by atoms with Gasteiger partial charge in [0.2, 0.25) is 0 Å². The zero-order valence-electron chi connectivity index (χ0n) is 13.3. The van der Waals surface area contributed by atoms with E-state index in [4.69, 9.17) is 16.2 Å². The van der Waals surface area contributed by atoms with Crippen LogP contribution in [-0.2, 0) is 0 Å². The van der Waals surface area contributed by atoms with Crippen molar-refractivity contribution in [3.8, 4) is 5.75 Å². The van der Waals surface area contributed by atoms with E-state index in [2.05, 4.69) is 20.7 Å². The fourth-order valence-corrected chi connectivity index (χ4v) is 2.56. The molecule has 2 heterocycles. The maximum Gasteiger partial charge on any atom is 0.179 e. The Hall–Kier alpha value is -3.16.